The van der Waals surface area contributed by atoms with Crippen molar-refractivity contribution < 1.29 is 34.2 Å². The molecular formula is C29H39N5O7. The first-order chi connectivity index (χ1) is 19.6. The minimum absolute atomic E-state index is 0.0671. The van der Waals surface area contributed by atoms with E-state index in [0.29, 0.717) is 19.4 Å². The van der Waals surface area contributed by atoms with E-state index in [1.54, 1.807) is 60.7 Å². The Labute approximate surface area is 238 Å². The summed E-state index contributed by atoms with van der Waals surface area (Å²) in [6.45, 7) is 0.390. The number of carboxylic acids is 2. The second-order valence-electron chi connectivity index (χ2n) is 9.72. The van der Waals surface area contributed by atoms with Crippen molar-refractivity contribution in [2.24, 2.45) is 11.5 Å². The summed E-state index contributed by atoms with van der Waals surface area (Å²) >= 11 is 0. The van der Waals surface area contributed by atoms with Gasteiger partial charge in [0.05, 0.1) is 6.04 Å². The van der Waals surface area contributed by atoms with E-state index in [2.05, 4.69) is 16.0 Å². The van der Waals surface area contributed by atoms with Crippen LogP contribution in [0.4, 0.5) is 0 Å². The Morgan fingerprint density at radius 3 is 1.56 bits per heavy atom. The zero-order valence-corrected chi connectivity index (χ0v) is 22.8. The second kappa shape index (κ2) is 17.4. The smallest absolute Gasteiger partial charge is 0.326 e. The first-order valence-electron chi connectivity index (χ1n) is 13.5. The number of aliphatic carboxylic acids is 2. The van der Waals surface area contributed by atoms with Crippen molar-refractivity contribution in [3.05, 3.63) is 71.8 Å². The van der Waals surface area contributed by atoms with Crippen LogP contribution in [0.15, 0.2) is 60.7 Å². The van der Waals surface area contributed by atoms with Crippen LogP contribution in [0.2, 0.25) is 0 Å². The van der Waals surface area contributed by atoms with Gasteiger partial charge in [-0.25, -0.2) is 4.79 Å². The van der Waals surface area contributed by atoms with Crippen LogP contribution in [-0.2, 0) is 36.8 Å². The van der Waals surface area contributed by atoms with E-state index in [0.717, 1.165) is 11.1 Å². The molecule has 0 fully saturated rings. The van der Waals surface area contributed by atoms with Gasteiger partial charge in [0.1, 0.15) is 18.1 Å². The average molecular weight is 570 g/mol. The second-order valence-corrected chi connectivity index (χ2v) is 9.72. The third kappa shape index (κ3) is 12.2. The molecule has 2 rings (SSSR count). The third-order valence-electron chi connectivity index (χ3n) is 6.40. The van der Waals surface area contributed by atoms with Gasteiger partial charge in [-0.15, -0.1) is 0 Å². The summed E-state index contributed by atoms with van der Waals surface area (Å²) < 4.78 is 0. The first kappa shape index (κ1) is 32.9. The van der Waals surface area contributed by atoms with E-state index < -0.39 is 53.8 Å². The Hall–Kier alpha value is -4.29. The highest BCUT2D eigenvalue weighted by Crippen LogP contribution is 2.09. The minimum atomic E-state index is -1.20. The lowest BCUT2D eigenvalue weighted by Crippen LogP contribution is -2.58. The Morgan fingerprint density at radius 2 is 1.12 bits per heavy atom. The van der Waals surface area contributed by atoms with E-state index in [-0.39, 0.29) is 32.1 Å². The number of hydrogen-bond acceptors (Lipinski definition) is 7. The molecule has 2 aromatic rings. The molecule has 0 bridgehead atoms. The fraction of sp³-hybridized carbons (Fsp3) is 0.414. The van der Waals surface area contributed by atoms with Crippen molar-refractivity contribution in [1.29, 1.82) is 0 Å². The zero-order chi connectivity index (χ0) is 30.2. The predicted octanol–water partition coefficient (Wildman–Crippen LogP) is 0.332. The van der Waals surface area contributed by atoms with Gasteiger partial charge in [-0.05, 0) is 43.4 Å². The van der Waals surface area contributed by atoms with E-state index >= 15 is 0 Å². The molecule has 0 saturated heterocycles. The van der Waals surface area contributed by atoms with E-state index in [4.69, 9.17) is 16.6 Å². The van der Waals surface area contributed by atoms with Gasteiger partial charge in [0, 0.05) is 19.3 Å². The molecule has 0 spiro atoms. The maximum Gasteiger partial charge on any atom is 0.326 e. The molecule has 2 aromatic carbocycles. The summed E-state index contributed by atoms with van der Waals surface area (Å²) in [5.41, 5.74) is 12.8. The SMILES string of the molecule is NCCCCC(NC(=O)C(Cc1ccccc1)NC(=O)C(Cc1ccccc1)NC(=O)C(N)CCC(=O)O)C(=O)O. The Morgan fingerprint density at radius 1 is 0.659 bits per heavy atom. The topological polar surface area (TPSA) is 214 Å². The Bertz CT molecular complexity index is 1150. The van der Waals surface area contributed by atoms with E-state index in [1.165, 1.54) is 0 Å². The van der Waals surface area contributed by atoms with Gasteiger partial charge in [0.2, 0.25) is 17.7 Å². The minimum Gasteiger partial charge on any atom is -0.481 e. The highest BCUT2D eigenvalue weighted by Gasteiger charge is 2.30. The molecule has 0 aromatic heterocycles. The summed E-state index contributed by atoms with van der Waals surface area (Å²) in [6.07, 6.45) is 0.958. The summed E-state index contributed by atoms with van der Waals surface area (Å²) in [6, 6.07) is 13.1. The van der Waals surface area contributed by atoms with Gasteiger partial charge in [-0.2, -0.15) is 0 Å². The molecule has 41 heavy (non-hydrogen) atoms. The molecule has 12 nitrogen and oxygen atoms in total. The van der Waals surface area contributed by atoms with Crippen molar-refractivity contribution in [1.82, 2.24) is 16.0 Å². The lowest BCUT2D eigenvalue weighted by Gasteiger charge is -2.25. The third-order valence-corrected chi connectivity index (χ3v) is 6.40. The summed E-state index contributed by atoms with van der Waals surface area (Å²) in [5, 5.41) is 26.3. The van der Waals surface area contributed by atoms with Crippen LogP contribution in [0.3, 0.4) is 0 Å². The number of nitrogens with two attached hydrogens (primary N) is 2. The molecule has 9 N–H and O–H groups in total. The van der Waals surface area contributed by atoms with Crippen molar-refractivity contribution in [3.8, 4) is 0 Å². The molecule has 222 valence electrons. The van der Waals surface area contributed by atoms with Gasteiger partial charge in [-0.1, -0.05) is 60.7 Å². The zero-order valence-electron chi connectivity index (χ0n) is 22.8. The van der Waals surface area contributed by atoms with Crippen molar-refractivity contribution in [2.75, 3.05) is 6.54 Å². The molecule has 0 aliphatic carbocycles. The average Bonchev–Trinajstić information content (AvgIpc) is 2.95. The molecule has 0 saturated carbocycles. The van der Waals surface area contributed by atoms with E-state index in [9.17, 15) is 29.1 Å². The number of carbonyl (C=O) groups excluding carboxylic acids is 3. The summed E-state index contributed by atoms with van der Waals surface area (Å²) in [4.78, 5) is 62.3. The van der Waals surface area contributed by atoms with Crippen molar-refractivity contribution >= 4 is 29.7 Å². The van der Waals surface area contributed by atoms with Gasteiger partial charge >= 0.3 is 11.9 Å². The molecule has 0 heterocycles. The highest BCUT2D eigenvalue weighted by molar-refractivity contribution is 5.94. The van der Waals surface area contributed by atoms with Gasteiger partial charge in [-0.3, -0.25) is 19.2 Å². The molecule has 0 radical (unpaired) electrons. The molecule has 12 heteroatoms. The van der Waals surface area contributed by atoms with Gasteiger partial charge in [0.15, 0.2) is 0 Å². The van der Waals surface area contributed by atoms with Crippen LogP contribution in [0.25, 0.3) is 0 Å². The number of hydrogen-bond donors (Lipinski definition) is 7. The number of benzene rings is 2. The molecule has 0 aliphatic heterocycles. The monoisotopic (exact) mass is 569 g/mol. The lowest BCUT2D eigenvalue weighted by molar-refractivity contribution is -0.142. The van der Waals surface area contributed by atoms with Crippen LogP contribution in [0.1, 0.15) is 43.2 Å². The van der Waals surface area contributed by atoms with Crippen LogP contribution < -0.4 is 27.4 Å². The van der Waals surface area contributed by atoms with Crippen molar-refractivity contribution in [3.63, 3.8) is 0 Å². The first-order valence-corrected chi connectivity index (χ1v) is 13.5. The largest absolute Gasteiger partial charge is 0.481 e. The van der Waals surface area contributed by atoms with Crippen LogP contribution in [0.5, 0.6) is 0 Å². The molecule has 4 unspecified atom stereocenters. The molecule has 0 aliphatic rings. The maximum atomic E-state index is 13.5. The van der Waals surface area contributed by atoms with Crippen LogP contribution in [-0.4, -0.2) is 70.6 Å². The number of unbranched alkanes of at least 4 members (excludes halogenated alkanes) is 1. The standard InChI is InChI=1S/C29H39N5O7/c30-16-8-7-13-22(29(40)41)32-27(38)24(18-20-11-5-2-6-12-20)34-28(39)23(17-19-9-3-1-4-10-19)33-26(37)21(31)14-15-25(35)36/h1-6,9-12,21-24H,7-8,13-18,30-31H2,(H,32,38)(H,33,37)(H,34,39)(H,35,36)(H,40,41). The van der Waals surface area contributed by atoms with Gasteiger partial charge < -0.3 is 37.6 Å². The quantitative estimate of drug-likeness (QED) is 0.123. The Balaban J connectivity index is 2.26. The molecular weight excluding hydrogens is 530 g/mol. The lowest BCUT2D eigenvalue weighted by atomic mass is 10.0. The normalized spacial score (nSPS) is 13.7. The predicted molar refractivity (Wildman–Crippen MR) is 151 cm³/mol. The number of carbonyl (C=O) groups is 5. The molecule has 4 atom stereocenters. The number of carboxylic acid groups (broad SMARTS) is 2. The van der Waals surface area contributed by atoms with Crippen molar-refractivity contribution in [2.45, 2.75) is 69.1 Å². The Kier molecular flexibility index (Phi) is 14.0. The molecule has 3 amide bonds. The van der Waals surface area contributed by atoms with Gasteiger partial charge in [0.25, 0.3) is 0 Å². The number of rotatable bonds is 18. The van der Waals surface area contributed by atoms with Crippen LogP contribution >= 0.6 is 0 Å². The fourth-order valence-corrected chi connectivity index (χ4v) is 4.10. The maximum absolute atomic E-state index is 13.5. The van der Waals surface area contributed by atoms with Crippen LogP contribution in [0, 0.1) is 0 Å². The fourth-order valence-electron chi connectivity index (χ4n) is 4.10. The summed E-state index contributed by atoms with van der Waals surface area (Å²) in [7, 11) is 0. The highest BCUT2D eigenvalue weighted by atomic mass is 16.4. The summed E-state index contributed by atoms with van der Waals surface area (Å²) in [5.74, 6) is -4.39. The number of amides is 3. The number of nitrogens with one attached hydrogen (secondary N) is 3. The van der Waals surface area contributed by atoms with E-state index in [1.807, 2.05) is 0 Å².